The van der Waals surface area contributed by atoms with Crippen LogP contribution in [0.25, 0.3) is 0 Å². The van der Waals surface area contributed by atoms with Gasteiger partial charge in [-0.25, -0.2) is 4.68 Å². The summed E-state index contributed by atoms with van der Waals surface area (Å²) in [6.07, 6.45) is 0. The van der Waals surface area contributed by atoms with Crippen molar-refractivity contribution in [1.82, 2.24) is 9.78 Å². The molecule has 1 aromatic heterocycles. The number of methoxy groups -OCH3 is 1. The first-order chi connectivity index (χ1) is 6.38. The number of aryl methyl sites for hydroxylation is 1. The Morgan fingerprint density at radius 1 is 1.50 bits per heavy atom. The Hall–Kier alpha value is -0.950. The number of halogens is 1. The minimum Gasteiger partial charge on any atom is -0.362 e. The van der Waals surface area contributed by atoms with E-state index in [9.17, 15) is 12.3 Å². The van der Waals surface area contributed by atoms with Crippen LogP contribution in [0.5, 0.6) is 0 Å². The van der Waals surface area contributed by atoms with Crippen LogP contribution >= 0.6 is 0 Å². The average molecular weight is 222 g/mol. The lowest BCUT2D eigenvalue weighted by atomic mass is 10.4. The van der Waals surface area contributed by atoms with Gasteiger partial charge in [-0.3, -0.25) is 0 Å². The third-order valence-corrected chi connectivity index (χ3v) is 2.89. The third kappa shape index (κ3) is 1.93. The van der Waals surface area contributed by atoms with Crippen LogP contribution in [0, 0.1) is 13.8 Å². The van der Waals surface area contributed by atoms with E-state index in [0.717, 1.165) is 0 Å². The van der Waals surface area contributed by atoms with Gasteiger partial charge in [0, 0.05) is 7.11 Å². The maximum Gasteiger partial charge on any atom is 0.335 e. The van der Waals surface area contributed by atoms with E-state index in [-0.39, 0.29) is 23.0 Å². The van der Waals surface area contributed by atoms with E-state index in [2.05, 4.69) is 5.10 Å². The van der Waals surface area contributed by atoms with Crippen molar-refractivity contribution >= 4 is 10.2 Å². The smallest absolute Gasteiger partial charge is 0.335 e. The molecule has 0 bridgehead atoms. The maximum absolute atomic E-state index is 12.8. The first kappa shape index (κ1) is 11.1. The van der Waals surface area contributed by atoms with Gasteiger partial charge >= 0.3 is 10.2 Å². The molecule has 0 aromatic carbocycles. The molecule has 0 unspecified atom stereocenters. The van der Waals surface area contributed by atoms with Crippen LogP contribution < -0.4 is 0 Å². The predicted octanol–water partition coefficient (Wildman–Crippen LogP) is 0.762. The Bertz CT molecular complexity index is 438. The van der Waals surface area contributed by atoms with Crippen molar-refractivity contribution in [3.8, 4) is 0 Å². The molecule has 0 spiro atoms. The Kier molecular flexibility index (Phi) is 2.91. The molecule has 0 amide bonds. The van der Waals surface area contributed by atoms with Crippen molar-refractivity contribution in [2.24, 2.45) is 0 Å². The molecule has 0 atom stereocenters. The van der Waals surface area contributed by atoms with Gasteiger partial charge in [-0.15, -0.1) is 3.89 Å². The van der Waals surface area contributed by atoms with E-state index in [1.807, 2.05) is 0 Å². The van der Waals surface area contributed by atoms with Crippen molar-refractivity contribution in [3.63, 3.8) is 0 Å². The molecule has 5 nitrogen and oxygen atoms in total. The largest absolute Gasteiger partial charge is 0.362 e. The Morgan fingerprint density at radius 2 is 2.07 bits per heavy atom. The first-order valence-corrected chi connectivity index (χ1v) is 5.24. The van der Waals surface area contributed by atoms with Crippen molar-refractivity contribution < 1.29 is 17.0 Å². The molecular weight excluding hydrogens is 211 g/mol. The fourth-order valence-electron chi connectivity index (χ4n) is 1.28. The lowest BCUT2D eigenvalue weighted by Gasteiger charge is -2.01. The number of ether oxygens (including phenoxy) is 1. The molecular formula is C7H11FN2O3S. The Balaban J connectivity index is 3.32. The quantitative estimate of drug-likeness (QED) is 0.708. The van der Waals surface area contributed by atoms with Gasteiger partial charge in [0.05, 0.1) is 11.4 Å². The number of nitrogens with zero attached hydrogens (tertiary/aromatic N) is 2. The van der Waals surface area contributed by atoms with Crippen LogP contribution in [0.1, 0.15) is 11.4 Å². The van der Waals surface area contributed by atoms with Gasteiger partial charge in [0.1, 0.15) is 11.6 Å². The van der Waals surface area contributed by atoms with Gasteiger partial charge in [0.2, 0.25) is 0 Å². The second-order valence-corrected chi connectivity index (χ2v) is 4.14. The Morgan fingerprint density at radius 3 is 2.43 bits per heavy atom. The fourth-order valence-corrected chi connectivity index (χ4v) is 2.13. The zero-order chi connectivity index (χ0) is 10.9. The van der Waals surface area contributed by atoms with E-state index >= 15 is 0 Å². The van der Waals surface area contributed by atoms with E-state index in [1.54, 1.807) is 0 Å². The van der Waals surface area contributed by atoms with Crippen molar-refractivity contribution in [2.75, 3.05) is 7.11 Å². The number of hydrogen-bond donors (Lipinski definition) is 0. The molecule has 7 heteroatoms. The summed E-state index contributed by atoms with van der Waals surface area (Å²) >= 11 is 0. The topological polar surface area (TPSA) is 61.2 Å². The molecule has 0 saturated carbocycles. The van der Waals surface area contributed by atoms with Crippen LogP contribution in [0.4, 0.5) is 3.89 Å². The summed E-state index contributed by atoms with van der Waals surface area (Å²) in [4.78, 5) is -0.366. The third-order valence-electron chi connectivity index (χ3n) is 1.81. The van der Waals surface area contributed by atoms with Gasteiger partial charge in [-0.1, -0.05) is 0 Å². The minimum atomic E-state index is -4.70. The van der Waals surface area contributed by atoms with Gasteiger partial charge in [-0.2, -0.15) is 13.5 Å². The van der Waals surface area contributed by atoms with Crippen molar-refractivity contribution in [2.45, 2.75) is 25.5 Å². The molecule has 14 heavy (non-hydrogen) atoms. The summed E-state index contributed by atoms with van der Waals surface area (Å²) in [6, 6.07) is 0. The zero-order valence-electron chi connectivity index (χ0n) is 8.11. The SMILES string of the molecule is COCn1nc(C)c(S(=O)(=O)F)c1C. The monoisotopic (exact) mass is 222 g/mol. The normalized spacial score (nSPS) is 12.0. The van der Waals surface area contributed by atoms with Crippen LogP contribution in [0.3, 0.4) is 0 Å². The van der Waals surface area contributed by atoms with Crippen LogP contribution in [0.15, 0.2) is 4.90 Å². The lowest BCUT2D eigenvalue weighted by Crippen LogP contribution is -2.04. The van der Waals surface area contributed by atoms with E-state index in [0.29, 0.717) is 0 Å². The second kappa shape index (κ2) is 3.66. The average Bonchev–Trinajstić information content (AvgIpc) is 2.26. The van der Waals surface area contributed by atoms with Gasteiger partial charge in [0.15, 0.2) is 0 Å². The van der Waals surface area contributed by atoms with Gasteiger partial charge in [0.25, 0.3) is 0 Å². The molecule has 0 aliphatic heterocycles. The molecule has 0 N–H and O–H groups in total. The molecule has 1 rings (SSSR count). The maximum atomic E-state index is 12.8. The van der Waals surface area contributed by atoms with E-state index < -0.39 is 10.2 Å². The Labute approximate surface area is 81.7 Å². The van der Waals surface area contributed by atoms with Gasteiger partial charge < -0.3 is 4.74 Å². The highest BCUT2D eigenvalue weighted by molar-refractivity contribution is 7.86. The lowest BCUT2D eigenvalue weighted by molar-refractivity contribution is 0.118. The second-order valence-electron chi connectivity index (χ2n) is 2.86. The number of hydrogen-bond acceptors (Lipinski definition) is 4. The molecule has 80 valence electrons. The summed E-state index contributed by atoms with van der Waals surface area (Å²) < 4.78 is 40.3. The summed E-state index contributed by atoms with van der Waals surface area (Å²) in [6.45, 7) is 3.01. The van der Waals surface area contributed by atoms with Gasteiger partial charge in [-0.05, 0) is 13.8 Å². The molecule has 0 saturated heterocycles. The minimum absolute atomic E-state index is 0.0994. The molecule has 0 aliphatic rings. The zero-order valence-corrected chi connectivity index (χ0v) is 8.93. The summed E-state index contributed by atoms with van der Waals surface area (Å²) in [5.41, 5.74) is 0.383. The molecule has 0 fully saturated rings. The molecule has 1 aromatic rings. The molecule has 1 heterocycles. The number of aromatic nitrogens is 2. The number of rotatable bonds is 3. The van der Waals surface area contributed by atoms with Crippen molar-refractivity contribution in [1.29, 1.82) is 0 Å². The first-order valence-electron chi connectivity index (χ1n) is 3.85. The van der Waals surface area contributed by atoms with Crippen LogP contribution in [-0.2, 0) is 21.7 Å². The van der Waals surface area contributed by atoms with Crippen molar-refractivity contribution in [3.05, 3.63) is 11.4 Å². The summed E-state index contributed by atoms with van der Waals surface area (Å²) in [5, 5.41) is 3.84. The highest BCUT2D eigenvalue weighted by atomic mass is 32.3. The van der Waals surface area contributed by atoms with E-state index in [4.69, 9.17) is 4.74 Å². The van der Waals surface area contributed by atoms with Crippen LogP contribution in [0.2, 0.25) is 0 Å². The highest BCUT2D eigenvalue weighted by Gasteiger charge is 2.23. The predicted molar refractivity (Wildman–Crippen MR) is 47.0 cm³/mol. The highest BCUT2D eigenvalue weighted by Crippen LogP contribution is 2.21. The van der Waals surface area contributed by atoms with E-state index in [1.165, 1.54) is 25.6 Å². The molecule has 0 aliphatic carbocycles. The van der Waals surface area contributed by atoms with Crippen LogP contribution in [-0.4, -0.2) is 25.3 Å². The summed E-state index contributed by atoms with van der Waals surface area (Å²) in [7, 11) is -3.26. The standard InChI is InChI=1S/C7H11FN2O3S/c1-5-7(14(8,11)12)6(2)10(9-5)4-13-3/h4H2,1-3H3. The fraction of sp³-hybridized carbons (Fsp3) is 0.571. The molecule has 0 radical (unpaired) electrons. The summed E-state index contributed by atoms with van der Waals surface area (Å²) in [5.74, 6) is 0.